The van der Waals surface area contributed by atoms with Gasteiger partial charge >= 0.3 is 0 Å². The van der Waals surface area contributed by atoms with Crippen molar-refractivity contribution in [1.29, 1.82) is 0 Å². The third kappa shape index (κ3) is 7.94. The second-order valence-corrected chi connectivity index (χ2v) is 12.0. The van der Waals surface area contributed by atoms with Crippen molar-refractivity contribution >= 4 is 39.1 Å². The highest BCUT2D eigenvalue weighted by atomic mass is 35.5. The maximum atomic E-state index is 14.4. The summed E-state index contributed by atoms with van der Waals surface area (Å²) >= 11 is 6.12. The number of likely N-dealkylation sites (N-methyl/N-ethyl adjacent to an activating group) is 1. The van der Waals surface area contributed by atoms with Crippen molar-refractivity contribution in [2.75, 3.05) is 24.5 Å². The molecular weight excluding hydrogens is 586 g/mol. The highest BCUT2D eigenvalue weighted by molar-refractivity contribution is 7.92. The third-order valence-corrected chi connectivity index (χ3v) is 8.88. The first-order valence-electron chi connectivity index (χ1n) is 13.8. The van der Waals surface area contributed by atoms with Crippen LogP contribution < -0.4 is 14.4 Å². The van der Waals surface area contributed by atoms with Gasteiger partial charge in [0.2, 0.25) is 11.8 Å². The van der Waals surface area contributed by atoms with Crippen LogP contribution in [-0.4, -0.2) is 51.4 Å². The quantitative estimate of drug-likeness (QED) is 0.219. The van der Waals surface area contributed by atoms with E-state index in [1.54, 1.807) is 73.7 Å². The highest BCUT2D eigenvalue weighted by Crippen LogP contribution is 2.32. The molecule has 4 rings (SSSR count). The minimum absolute atomic E-state index is 0.0162. The SMILES string of the molecule is CCNC(=O)[C@H](Cc1ccccc1)N(Cc1ccc(Cl)cc1)C(=O)CN(c1ccccc1OC)S(=O)(=O)c1ccccc1. The number of sulfonamides is 1. The number of hydrogen-bond donors (Lipinski definition) is 1. The first kappa shape index (κ1) is 31.6. The van der Waals surface area contributed by atoms with E-state index in [4.69, 9.17) is 16.3 Å². The van der Waals surface area contributed by atoms with E-state index in [1.165, 1.54) is 24.1 Å². The van der Waals surface area contributed by atoms with Gasteiger partial charge in [-0.1, -0.05) is 84.4 Å². The zero-order chi connectivity index (χ0) is 30.8. The van der Waals surface area contributed by atoms with Crippen molar-refractivity contribution in [3.05, 3.63) is 125 Å². The van der Waals surface area contributed by atoms with Crippen LogP contribution in [0.1, 0.15) is 18.1 Å². The zero-order valence-corrected chi connectivity index (χ0v) is 25.6. The monoisotopic (exact) mass is 619 g/mol. The molecule has 0 aromatic heterocycles. The summed E-state index contributed by atoms with van der Waals surface area (Å²) in [5, 5.41) is 3.38. The molecule has 0 unspecified atom stereocenters. The molecule has 4 aromatic carbocycles. The Labute approximate surface area is 257 Å². The topological polar surface area (TPSA) is 96.0 Å². The van der Waals surface area contributed by atoms with Gasteiger partial charge in [0, 0.05) is 24.5 Å². The number of para-hydroxylation sites is 2. The normalized spacial score (nSPS) is 11.8. The predicted octanol–water partition coefficient (Wildman–Crippen LogP) is 5.32. The molecule has 4 aromatic rings. The first-order chi connectivity index (χ1) is 20.7. The molecule has 0 aliphatic rings. The number of nitrogens with zero attached hydrogens (tertiary/aromatic N) is 2. The summed E-state index contributed by atoms with van der Waals surface area (Å²) in [6.07, 6.45) is 0.228. The van der Waals surface area contributed by atoms with Crippen molar-refractivity contribution in [3.8, 4) is 5.75 Å². The Kier molecular flexibility index (Phi) is 10.8. The van der Waals surface area contributed by atoms with Gasteiger partial charge in [0.25, 0.3) is 10.0 Å². The van der Waals surface area contributed by atoms with Gasteiger partial charge in [-0.05, 0) is 54.4 Å². The average molecular weight is 620 g/mol. The summed E-state index contributed by atoms with van der Waals surface area (Å²) in [6, 6.07) is 29.9. The molecule has 1 atom stereocenters. The summed E-state index contributed by atoms with van der Waals surface area (Å²) in [5.41, 5.74) is 1.78. The summed E-state index contributed by atoms with van der Waals surface area (Å²) < 4.78 is 34.6. The number of carbonyl (C=O) groups is 2. The van der Waals surface area contributed by atoms with Gasteiger partial charge in [-0.25, -0.2) is 8.42 Å². The fraction of sp³-hybridized carbons (Fsp3) is 0.212. The number of methoxy groups -OCH3 is 1. The molecule has 0 aliphatic heterocycles. The van der Waals surface area contributed by atoms with Gasteiger partial charge < -0.3 is 15.0 Å². The molecule has 0 fully saturated rings. The first-order valence-corrected chi connectivity index (χ1v) is 15.6. The fourth-order valence-corrected chi connectivity index (χ4v) is 6.27. The Hall–Kier alpha value is -4.34. The van der Waals surface area contributed by atoms with E-state index in [9.17, 15) is 18.0 Å². The van der Waals surface area contributed by atoms with E-state index in [0.29, 0.717) is 11.6 Å². The number of carbonyl (C=O) groups excluding carboxylic acids is 2. The van der Waals surface area contributed by atoms with E-state index in [1.807, 2.05) is 30.3 Å². The molecule has 0 saturated carbocycles. The molecule has 0 bridgehead atoms. The van der Waals surface area contributed by atoms with Gasteiger partial charge in [0.15, 0.2) is 0 Å². The highest BCUT2D eigenvalue weighted by Gasteiger charge is 2.35. The molecular formula is C33H34ClN3O5S. The minimum atomic E-state index is -4.22. The number of amides is 2. The second kappa shape index (κ2) is 14.7. The van der Waals surface area contributed by atoms with Crippen molar-refractivity contribution in [2.24, 2.45) is 0 Å². The number of hydrogen-bond acceptors (Lipinski definition) is 5. The molecule has 224 valence electrons. The maximum absolute atomic E-state index is 14.4. The van der Waals surface area contributed by atoms with E-state index < -0.39 is 28.5 Å². The molecule has 43 heavy (non-hydrogen) atoms. The van der Waals surface area contributed by atoms with Crippen molar-refractivity contribution in [3.63, 3.8) is 0 Å². The van der Waals surface area contributed by atoms with Crippen LogP contribution in [0.15, 0.2) is 114 Å². The van der Waals surface area contributed by atoms with E-state index in [-0.39, 0.29) is 35.2 Å². The van der Waals surface area contributed by atoms with Crippen LogP contribution in [-0.2, 0) is 32.6 Å². The van der Waals surface area contributed by atoms with Crippen LogP contribution in [0.5, 0.6) is 5.75 Å². The number of rotatable bonds is 13. The molecule has 10 heteroatoms. The Bertz CT molecular complexity index is 1620. The van der Waals surface area contributed by atoms with Crippen molar-refractivity contribution in [1.82, 2.24) is 10.2 Å². The lowest BCUT2D eigenvalue weighted by Crippen LogP contribution is -2.53. The Morgan fingerprint density at radius 2 is 1.44 bits per heavy atom. The van der Waals surface area contributed by atoms with Crippen LogP contribution in [0.4, 0.5) is 5.69 Å². The molecule has 2 amide bonds. The second-order valence-electron chi connectivity index (χ2n) is 9.74. The molecule has 0 radical (unpaired) electrons. The Morgan fingerprint density at radius 3 is 2.07 bits per heavy atom. The van der Waals surface area contributed by atoms with Crippen molar-refractivity contribution in [2.45, 2.75) is 30.8 Å². The van der Waals surface area contributed by atoms with Crippen LogP contribution in [0.25, 0.3) is 0 Å². The molecule has 8 nitrogen and oxygen atoms in total. The number of nitrogens with one attached hydrogen (secondary N) is 1. The summed E-state index contributed by atoms with van der Waals surface area (Å²) in [5.74, 6) is -0.625. The number of halogens is 1. The Balaban J connectivity index is 1.81. The largest absolute Gasteiger partial charge is 0.495 e. The maximum Gasteiger partial charge on any atom is 0.264 e. The predicted molar refractivity (Wildman–Crippen MR) is 169 cm³/mol. The van der Waals surface area contributed by atoms with Gasteiger partial charge in [0.1, 0.15) is 18.3 Å². The lowest BCUT2D eigenvalue weighted by Gasteiger charge is -2.34. The lowest BCUT2D eigenvalue weighted by molar-refractivity contribution is -0.140. The molecule has 1 N–H and O–H groups in total. The number of benzene rings is 4. The van der Waals surface area contributed by atoms with Gasteiger partial charge in [-0.3, -0.25) is 13.9 Å². The fourth-order valence-electron chi connectivity index (χ4n) is 4.70. The third-order valence-electron chi connectivity index (χ3n) is 6.85. The zero-order valence-electron chi connectivity index (χ0n) is 24.0. The van der Waals surface area contributed by atoms with Gasteiger partial charge in [0.05, 0.1) is 17.7 Å². The van der Waals surface area contributed by atoms with Crippen LogP contribution >= 0.6 is 11.6 Å². The van der Waals surface area contributed by atoms with Crippen molar-refractivity contribution < 1.29 is 22.7 Å². The van der Waals surface area contributed by atoms with Crippen LogP contribution in [0.3, 0.4) is 0 Å². The summed E-state index contributed by atoms with van der Waals surface area (Å²) in [6.45, 7) is 1.65. The number of ether oxygens (including phenoxy) is 1. The average Bonchev–Trinajstić information content (AvgIpc) is 3.03. The Morgan fingerprint density at radius 1 is 0.837 bits per heavy atom. The smallest absolute Gasteiger partial charge is 0.264 e. The molecule has 0 saturated heterocycles. The summed E-state index contributed by atoms with van der Waals surface area (Å²) in [4.78, 5) is 29.4. The van der Waals surface area contributed by atoms with Crippen LogP contribution in [0, 0.1) is 0 Å². The summed E-state index contributed by atoms with van der Waals surface area (Å²) in [7, 11) is -2.78. The standard InChI is InChI=1S/C33H34ClN3O5S/c1-3-35-33(39)30(22-25-12-6-4-7-13-25)36(23-26-18-20-27(34)21-19-26)32(38)24-37(29-16-10-11-17-31(29)42-2)43(40,41)28-14-8-5-9-15-28/h4-21,30H,3,22-24H2,1-2H3,(H,35,39)/t30-/m0/s1. The lowest BCUT2D eigenvalue weighted by atomic mass is 10.0. The van der Waals surface area contributed by atoms with E-state index in [2.05, 4.69) is 5.32 Å². The van der Waals surface area contributed by atoms with Crippen LogP contribution in [0.2, 0.25) is 5.02 Å². The molecule has 0 spiro atoms. The van der Waals surface area contributed by atoms with E-state index >= 15 is 0 Å². The van der Waals surface area contributed by atoms with E-state index in [0.717, 1.165) is 15.4 Å². The molecule has 0 aliphatic carbocycles. The van der Waals surface area contributed by atoms with Gasteiger partial charge in [-0.15, -0.1) is 0 Å². The van der Waals surface area contributed by atoms with Gasteiger partial charge in [-0.2, -0.15) is 0 Å². The number of anilines is 1. The molecule has 0 heterocycles. The minimum Gasteiger partial charge on any atom is -0.495 e.